The summed E-state index contributed by atoms with van der Waals surface area (Å²) < 4.78 is 0. The largest absolute Gasteiger partial charge is 0.314 e. The number of hydrogen-bond acceptors (Lipinski definition) is 2. The van der Waals surface area contributed by atoms with Crippen LogP contribution in [0.4, 0.5) is 0 Å². The predicted octanol–water partition coefficient (Wildman–Crippen LogP) is 0.437. The Bertz CT molecular complexity index is 134. The van der Waals surface area contributed by atoms with Gasteiger partial charge in [-0.2, -0.15) is 0 Å². The Morgan fingerprint density at radius 2 is 2.09 bits per heavy atom. The average Bonchev–Trinajstić information content (AvgIpc) is 2.07. The Hall–Kier alpha value is -0.600. The van der Waals surface area contributed by atoms with Crippen LogP contribution < -0.4 is 5.32 Å². The van der Waals surface area contributed by atoms with E-state index in [2.05, 4.69) is 16.3 Å². The fourth-order valence-corrected chi connectivity index (χ4v) is 1.18. The van der Waals surface area contributed by atoms with Crippen LogP contribution in [0.25, 0.3) is 0 Å². The zero-order valence-corrected chi connectivity index (χ0v) is 6.79. The van der Waals surface area contributed by atoms with Gasteiger partial charge >= 0.3 is 0 Å². The highest BCUT2D eigenvalue weighted by Gasteiger charge is 2.05. The first-order valence-corrected chi connectivity index (χ1v) is 4.06. The minimum atomic E-state index is 1.02. The fourth-order valence-electron chi connectivity index (χ4n) is 1.18. The van der Waals surface area contributed by atoms with Crippen molar-refractivity contribution in [2.45, 2.75) is 0 Å². The van der Waals surface area contributed by atoms with Crippen molar-refractivity contribution in [3.63, 3.8) is 0 Å². The van der Waals surface area contributed by atoms with Crippen LogP contribution in [0.2, 0.25) is 0 Å². The summed E-state index contributed by atoms with van der Waals surface area (Å²) in [5.74, 6) is 0. The smallest absolute Gasteiger partial charge is 0.0167 e. The van der Waals surface area contributed by atoms with Crippen molar-refractivity contribution < 1.29 is 0 Å². The molecule has 0 aromatic carbocycles. The molecule has 1 radical (unpaired) electrons. The van der Waals surface area contributed by atoms with E-state index in [-0.39, 0.29) is 0 Å². The molecule has 0 aromatic rings. The molecule has 0 saturated carbocycles. The van der Waals surface area contributed by atoms with Gasteiger partial charge in [0.25, 0.3) is 0 Å². The number of piperazine rings is 1. The fraction of sp³-hybridized carbons (Fsp3) is 0.556. The lowest BCUT2D eigenvalue weighted by Gasteiger charge is -2.25. The van der Waals surface area contributed by atoms with Gasteiger partial charge in [0.2, 0.25) is 0 Å². The Morgan fingerprint density at radius 1 is 1.36 bits per heavy atom. The van der Waals surface area contributed by atoms with Crippen molar-refractivity contribution in [1.29, 1.82) is 0 Å². The molecule has 0 atom stereocenters. The molecule has 2 heteroatoms. The minimum absolute atomic E-state index is 1.02. The zero-order chi connectivity index (χ0) is 7.94. The highest BCUT2D eigenvalue weighted by molar-refractivity contribution is 4.97. The van der Waals surface area contributed by atoms with Gasteiger partial charge in [0.1, 0.15) is 0 Å². The van der Waals surface area contributed by atoms with Crippen LogP contribution in [0, 0.1) is 6.58 Å². The van der Waals surface area contributed by atoms with E-state index < -0.39 is 0 Å². The maximum absolute atomic E-state index is 5.20. The molecule has 1 aliphatic rings. The lowest BCUT2D eigenvalue weighted by atomic mass is 10.3. The molecule has 1 fully saturated rings. The molecule has 0 unspecified atom stereocenters. The first-order chi connectivity index (χ1) is 5.43. The molecular formula is C9H15N2. The summed E-state index contributed by atoms with van der Waals surface area (Å²) in [4.78, 5) is 2.40. The Morgan fingerprint density at radius 3 is 2.73 bits per heavy atom. The summed E-state index contributed by atoms with van der Waals surface area (Å²) in [5, 5.41) is 3.31. The third-order valence-corrected chi connectivity index (χ3v) is 1.82. The molecule has 0 spiro atoms. The molecule has 1 saturated heterocycles. The van der Waals surface area contributed by atoms with E-state index in [1.165, 1.54) is 0 Å². The summed E-state index contributed by atoms with van der Waals surface area (Å²) in [6.45, 7) is 10.7. The topological polar surface area (TPSA) is 15.3 Å². The molecule has 2 nitrogen and oxygen atoms in total. The van der Waals surface area contributed by atoms with Gasteiger partial charge < -0.3 is 5.32 Å². The standard InChI is InChI=1S/C9H15N2/c1-2-3-4-7-11-8-5-10-6-9-11/h1-4,10H,5-9H2. The molecule has 1 heterocycles. The minimum Gasteiger partial charge on any atom is -0.314 e. The van der Waals surface area contributed by atoms with E-state index in [9.17, 15) is 0 Å². The van der Waals surface area contributed by atoms with Gasteiger partial charge in [-0.1, -0.05) is 24.8 Å². The first kappa shape index (κ1) is 8.50. The normalized spacial score (nSPS) is 20.7. The van der Waals surface area contributed by atoms with Gasteiger partial charge in [-0.25, -0.2) is 0 Å². The summed E-state index contributed by atoms with van der Waals surface area (Å²) in [6.07, 6.45) is 5.55. The Kier molecular flexibility index (Phi) is 3.94. The highest BCUT2D eigenvalue weighted by Crippen LogP contribution is 1.91. The van der Waals surface area contributed by atoms with E-state index in [0.717, 1.165) is 32.7 Å². The van der Waals surface area contributed by atoms with Crippen molar-refractivity contribution in [3.8, 4) is 0 Å². The van der Waals surface area contributed by atoms with Crippen molar-refractivity contribution in [2.75, 3.05) is 32.7 Å². The number of allylic oxidation sites excluding steroid dienone is 2. The Labute approximate surface area is 68.6 Å². The predicted molar refractivity (Wildman–Crippen MR) is 47.3 cm³/mol. The van der Waals surface area contributed by atoms with E-state index in [4.69, 9.17) is 6.58 Å². The number of nitrogens with one attached hydrogen (secondary N) is 1. The van der Waals surface area contributed by atoms with Crippen LogP contribution in [0.1, 0.15) is 0 Å². The average molecular weight is 151 g/mol. The molecule has 61 valence electrons. The van der Waals surface area contributed by atoms with Gasteiger partial charge in [-0.05, 0) is 0 Å². The molecule has 0 bridgehead atoms. The van der Waals surface area contributed by atoms with E-state index >= 15 is 0 Å². The maximum atomic E-state index is 5.20. The number of rotatable bonds is 3. The second-order valence-electron chi connectivity index (χ2n) is 2.67. The van der Waals surface area contributed by atoms with Gasteiger partial charge in [0.05, 0.1) is 0 Å². The van der Waals surface area contributed by atoms with E-state index in [1.807, 2.05) is 6.08 Å². The molecule has 0 aliphatic carbocycles. The lowest BCUT2D eigenvalue weighted by molar-refractivity contribution is 0.265. The van der Waals surface area contributed by atoms with Crippen LogP contribution >= 0.6 is 0 Å². The number of hydrogen-bond donors (Lipinski definition) is 1. The first-order valence-electron chi connectivity index (χ1n) is 4.06. The quantitative estimate of drug-likeness (QED) is 0.589. The molecule has 1 aliphatic heterocycles. The molecule has 0 aromatic heterocycles. The van der Waals surface area contributed by atoms with E-state index in [1.54, 1.807) is 6.08 Å². The van der Waals surface area contributed by atoms with E-state index in [0.29, 0.717) is 0 Å². The summed E-state index contributed by atoms with van der Waals surface area (Å²) in [5.41, 5.74) is 0. The second kappa shape index (κ2) is 5.10. The van der Waals surface area contributed by atoms with Crippen LogP contribution in [0.15, 0.2) is 18.2 Å². The molecule has 11 heavy (non-hydrogen) atoms. The maximum Gasteiger partial charge on any atom is 0.0167 e. The second-order valence-corrected chi connectivity index (χ2v) is 2.67. The van der Waals surface area contributed by atoms with Crippen LogP contribution in [0.5, 0.6) is 0 Å². The van der Waals surface area contributed by atoms with Gasteiger partial charge in [-0.15, -0.1) is 0 Å². The lowest BCUT2D eigenvalue weighted by Crippen LogP contribution is -2.43. The van der Waals surface area contributed by atoms with Crippen molar-refractivity contribution in [1.82, 2.24) is 10.2 Å². The third kappa shape index (κ3) is 3.35. The van der Waals surface area contributed by atoms with Crippen molar-refractivity contribution >= 4 is 0 Å². The summed E-state index contributed by atoms with van der Waals surface area (Å²) in [6, 6.07) is 0. The van der Waals surface area contributed by atoms with Gasteiger partial charge in [0, 0.05) is 32.7 Å². The molecule has 0 amide bonds. The highest BCUT2D eigenvalue weighted by atomic mass is 15.2. The van der Waals surface area contributed by atoms with Crippen molar-refractivity contribution in [3.05, 3.63) is 24.8 Å². The summed E-state index contributed by atoms with van der Waals surface area (Å²) >= 11 is 0. The van der Waals surface area contributed by atoms with Crippen LogP contribution in [-0.4, -0.2) is 37.6 Å². The summed E-state index contributed by atoms with van der Waals surface area (Å²) in [7, 11) is 0. The number of nitrogens with zero attached hydrogens (tertiary/aromatic N) is 1. The van der Waals surface area contributed by atoms with Gasteiger partial charge in [0.15, 0.2) is 0 Å². The molecule has 1 N–H and O–H groups in total. The third-order valence-electron chi connectivity index (χ3n) is 1.82. The van der Waals surface area contributed by atoms with Gasteiger partial charge in [-0.3, -0.25) is 4.90 Å². The van der Waals surface area contributed by atoms with Crippen LogP contribution in [0.3, 0.4) is 0 Å². The monoisotopic (exact) mass is 151 g/mol. The zero-order valence-electron chi connectivity index (χ0n) is 6.79. The Balaban J connectivity index is 2.14. The van der Waals surface area contributed by atoms with Crippen molar-refractivity contribution in [2.24, 2.45) is 0 Å². The molecular weight excluding hydrogens is 136 g/mol. The van der Waals surface area contributed by atoms with Crippen LogP contribution in [-0.2, 0) is 0 Å². The SMILES string of the molecule is [CH]=CC=CCN1CCNCC1. The molecule has 1 rings (SSSR count).